The molecule has 3 aliphatic rings. The first kappa shape index (κ1) is 112. The van der Waals surface area contributed by atoms with Gasteiger partial charge in [-0.05, 0) is 6.54 Å². The number of nitrogens with two attached hydrogens (primary N) is 1. The van der Waals surface area contributed by atoms with Crippen molar-refractivity contribution in [3.05, 3.63) is 119 Å². The molecule has 0 radical (unpaired) electrons. The summed E-state index contributed by atoms with van der Waals surface area (Å²) in [6, 6.07) is 16.7. The Labute approximate surface area is 763 Å². The van der Waals surface area contributed by atoms with E-state index in [-0.39, 0.29) is 89.2 Å². The molecular formula is C77H129N13O26Se7. The van der Waals surface area contributed by atoms with Crippen LogP contribution in [0, 0.1) is 47.4 Å². The zero-order valence-corrected chi connectivity index (χ0v) is 84.2. The quantitative estimate of drug-likeness (QED) is 0.0132. The zero-order valence-electron chi connectivity index (χ0n) is 72.0. The van der Waals surface area contributed by atoms with Crippen molar-refractivity contribution in [1.29, 1.82) is 0 Å². The van der Waals surface area contributed by atoms with E-state index in [2.05, 4.69) is 78.8 Å². The normalized spacial score (nSPS) is 24.1. The van der Waals surface area contributed by atoms with Gasteiger partial charge < -0.3 is 5.73 Å². The topological polar surface area (TPSA) is 549 Å². The molecule has 18 atom stereocenters. The zero-order chi connectivity index (χ0) is 92.2. The number of rotatable bonds is 48. The van der Waals surface area contributed by atoms with E-state index in [1.165, 1.54) is 18.2 Å². The summed E-state index contributed by atoms with van der Waals surface area (Å²) in [5, 5.41) is 170. The number of aliphatic hydroxyl groups excluding tert-OH is 12. The third kappa shape index (κ3) is 34.3. The maximum atomic E-state index is 12.4. The van der Waals surface area contributed by atoms with Crippen LogP contribution in [0.25, 0.3) is 0 Å². The van der Waals surface area contributed by atoms with Crippen LogP contribution >= 0.6 is 0 Å². The van der Waals surface area contributed by atoms with Crippen molar-refractivity contribution < 1.29 is 110 Å². The van der Waals surface area contributed by atoms with Crippen LogP contribution in [0.4, 0.5) is 39.8 Å². The fourth-order valence-electron chi connectivity index (χ4n) is 12.4. The molecule has 3 heterocycles. The van der Waals surface area contributed by atoms with Crippen LogP contribution in [-0.4, -0.2) is 391 Å². The van der Waals surface area contributed by atoms with Gasteiger partial charge in [0.05, 0.1) is 0 Å². The number of hydroxylamine groups is 3. The van der Waals surface area contributed by atoms with Crippen molar-refractivity contribution in [3.8, 4) is 0 Å². The van der Waals surface area contributed by atoms with Gasteiger partial charge in [-0.15, -0.1) is 0 Å². The first-order valence-electron chi connectivity index (χ1n) is 40.6. The van der Waals surface area contributed by atoms with Crippen LogP contribution in [0.5, 0.6) is 0 Å². The van der Waals surface area contributed by atoms with Crippen molar-refractivity contribution in [2.45, 2.75) is 247 Å². The predicted octanol–water partition coefficient (Wildman–Crippen LogP) is -1.79. The molecule has 3 aliphatic heterocycles. The first-order chi connectivity index (χ1) is 58.3. The van der Waals surface area contributed by atoms with E-state index in [0.717, 1.165) is 88.6 Å². The minimum absolute atomic E-state index is 0.0787. The summed E-state index contributed by atoms with van der Waals surface area (Å²) in [5.74, 6) is 0. The van der Waals surface area contributed by atoms with Crippen LogP contribution in [-0.2, 0) is 28.7 Å². The fourth-order valence-corrected chi connectivity index (χ4v) is 31.0. The number of aliphatic hydroxyl groups is 12. The Morgan fingerprint density at radius 3 is 1.14 bits per heavy atom. The molecule has 0 bridgehead atoms. The predicted molar refractivity (Wildman–Crippen MR) is 475 cm³/mol. The number of nitro benzene ring substituents is 4. The molecule has 0 aliphatic carbocycles. The summed E-state index contributed by atoms with van der Waals surface area (Å²) < 4.78 is 22.1. The van der Waals surface area contributed by atoms with E-state index >= 15 is 0 Å². The van der Waals surface area contributed by atoms with Gasteiger partial charge in [0.1, 0.15) is 0 Å². The molecule has 0 aromatic heterocycles. The van der Waals surface area contributed by atoms with E-state index in [4.69, 9.17) is 39.6 Å². The number of nitro groups is 4. The van der Waals surface area contributed by atoms with Crippen LogP contribution in [0.2, 0.25) is 16.0 Å². The Bertz CT molecular complexity index is 3820. The molecule has 4 aromatic rings. The van der Waals surface area contributed by atoms with Gasteiger partial charge in [0.2, 0.25) is 0 Å². The van der Waals surface area contributed by atoms with E-state index in [1.54, 1.807) is 42.5 Å². The molecule has 700 valence electrons. The number of nitrogens with zero attached hydrogens (tertiary/aromatic N) is 9. The second-order valence-electron chi connectivity index (χ2n) is 29.7. The fraction of sp³-hybridized carbons (Fsp3) is 0.688. The van der Waals surface area contributed by atoms with E-state index in [9.17, 15) is 96.6 Å². The Morgan fingerprint density at radius 1 is 0.463 bits per heavy atom. The van der Waals surface area contributed by atoms with Crippen molar-refractivity contribution in [2.75, 3.05) is 105 Å². The Hall–Kier alpha value is -3.44. The maximum absolute atomic E-state index is 12.4. The minimum atomic E-state index is -1.58. The molecule has 0 saturated carbocycles. The molecule has 3 fully saturated rings. The summed E-state index contributed by atoms with van der Waals surface area (Å²) in [6.45, 7) is 32.2. The molecule has 17 N–H and O–H groups in total. The van der Waals surface area contributed by atoms with Crippen LogP contribution in [0.15, 0.2) is 72.8 Å². The van der Waals surface area contributed by atoms with Crippen molar-refractivity contribution in [3.63, 3.8) is 0 Å². The Kier molecular flexibility index (Phi) is 51.2. The number of hydrogen-bond donors (Lipinski definition) is 16. The average molecular weight is 2210 g/mol. The van der Waals surface area contributed by atoms with Gasteiger partial charge in [0, 0.05) is 0 Å². The molecule has 0 amide bonds. The van der Waals surface area contributed by atoms with E-state index in [0.29, 0.717) is 65.4 Å². The van der Waals surface area contributed by atoms with Crippen LogP contribution < -0.4 is 52.8 Å². The van der Waals surface area contributed by atoms with Gasteiger partial charge in [0.25, 0.3) is 0 Å². The SMILES string of the molecule is CCCCC(C)(C[Se]N(C)c1ccc([N+](=O)[O-])c([Se][Se]c2cc(N(CC)[Se]CC(C)(CCN(CC)CC)ONC3C(O)C(O)C(CO)O[C@@H]3O)ccc2[N+](=O)[O-])c1)ONC1C(O)C(O)C(CO)O[C@@H]1O.CCN.CCN(CC)CCC(C)(C[SeH])ONC1C(O)C(O)C(CO)O[C@@H]1O.CCN(CC)c1ccc([N+](=O)[O-])c([Se][Se]c2cc(C)ccc2[N+](=O)[O-])c1. The Balaban J connectivity index is 0.000000483. The molecule has 39 nitrogen and oxygen atoms in total. The van der Waals surface area contributed by atoms with Gasteiger partial charge in [-0.1, -0.05) is 6.92 Å². The Morgan fingerprint density at radius 2 is 0.789 bits per heavy atom. The number of anilines is 3. The van der Waals surface area contributed by atoms with Gasteiger partial charge in [0.15, 0.2) is 0 Å². The summed E-state index contributed by atoms with van der Waals surface area (Å²) in [6.07, 6.45) is -12.9. The standard InChI is InChI=1S/C43H71N7O16Se4.C17H19N3O4Se2.C15H32N2O6Se.C2H7N/c1-8-12-17-42(5,65-44-34-38(55)36(53)30(22-51)63-40(34)57)24-67-46(7)26-13-15-28(49(59)60)32(20-26)69-70-33-21-27(14-16-29(33)50(61)62)48(11-4)68-25-43(6,18-19-47(9-2)10-3)66-45-35-39(56)37(54)31(23-52)64-41(35)58;1-4-18(5-2)13-7-9-15(20(23)24)17(11-13)26-25-16-10-12(3)6-8-14(16)19(21)22;1-4-17(5-2)7-6-15(3,9-24)23-16-11-13(20)12(19)10(8-18)22-14(11)21;1-2-3/h13-16,20-21,30-31,34-41,44-45,51-58H,8-12,17-19,22-25H2,1-7H3;6-11H,4-5H2,1-3H3;10-14,16,18-21,24H,4-9H2,1-3H3;2-3H2,1H3/t30?,31?,34?,35?,36?,37?,38?,39?,40-,41-,42?,43?;;10?,11?,12?,13?,14-,15?;/m0.0./s1. The van der Waals surface area contributed by atoms with Gasteiger partial charge >= 0.3 is 750 Å². The summed E-state index contributed by atoms with van der Waals surface area (Å²) in [5.41, 5.74) is 14.2. The molecule has 15 unspecified atom stereocenters. The third-order valence-electron chi connectivity index (χ3n) is 20.5. The molecule has 4 aromatic carbocycles. The van der Waals surface area contributed by atoms with Crippen LogP contribution in [0.1, 0.15) is 121 Å². The number of unbranched alkanes of at least 4 members (excludes halogenated alkanes) is 1. The third-order valence-corrected chi connectivity index (χ3v) is 42.1. The van der Waals surface area contributed by atoms with Gasteiger partial charge in [-0.3, -0.25) is 0 Å². The van der Waals surface area contributed by atoms with Crippen molar-refractivity contribution in [1.82, 2.24) is 26.2 Å². The summed E-state index contributed by atoms with van der Waals surface area (Å²) in [7, 11) is 1.87. The van der Waals surface area contributed by atoms with Crippen molar-refractivity contribution >= 4 is 157 Å². The van der Waals surface area contributed by atoms with E-state index in [1.807, 2.05) is 85.4 Å². The molecule has 123 heavy (non-hydrogen) atoms. The average Bonchev–Trinajstić information content (AvgIpc) is 0.819. The molecule has 0 spiro atoms. The van der Waals surface area contributed by atoms with Gasteiger partial charge in [-0.2, -0.15) is 0 Å². The van der Waals surface area contributed by atoms with E-state index < -0.39 is 165 Å². The molecule has 46 heteroatoms. The summed E-state index contributed by atoms with van der Waals surface area (Å²) >= 11 is 0.300. The number of hydrogen-bond acceptors (Lipinski definition) is 35. The number of aryl methyl sites for hydroxylation is 1. The molecular weight excluding hydrogens is 2080 g/mol. The van der Waals surface area contributed by atoms with Gasteiger partial charge in [-0.25, -0.2) is 0 Å². The first-order valence-corrected chi connectivity index (χ1v) is 58.0. The number of benzene rings is 4. The second kappa shape index (κ2) is 56.3. The second-order valence-corrected chi connectivity index (χ2v) is 47.1. The van der Waals surface area contributed by atoms with Crippen LogP contribution in [0.3, 0.4) is 0 Å². The number of ether oxygens (including phenoxy) is 3. The summed E-state index contributed by atoms with van der Waals surface area (Å²) in [4.78, 5) is 70.5. The van der Waals surface area contributed by atoms with Crippen molar-refractivity contribution in [2.24, 2.45) is 5.73 Å². The monoisotopic (exact) mass is 2210 g/mol. The number of nitrogens with one attached hydrogen (secondary N) is 3. The molecule has 3 saturated heterocycles. The molecule has 7 rings (SSSR count).